The van der Waals surface area contributed by atoms with Gasteiger partial charge in [0.05, 0.1) is 17.3 Å². The predicted molar refractivity (Wildman–Crippen MR) is 127 cm³/mol. The Hall–Kier alpha value is -3.31. The van der Waals surface area contributed by atoms with Crippen LogP contribution in [0, 0.1) is 0 Å². The summed E-state index contributed by atoms with van der Waals surface area (Å²) in [6.45, 7) is 7.11. The molecule has 1 aliphatic rings. The van der Waals surface area contributed by atoms with Gasteiger partial charge in [0.1, 0.15) is 17.5 Å². The molecule has 0 aliphatic carbocycles. The van der Waals surface area contributed by atoms with Crippen molar-refractivity contribution in [3.8, 4) is 5.75 Å². The van der Waals surface area contributed by atoms with Crippen LogP contribution in [0.2, 0.25) is 0 Å². The van der Waals surface area contributed by atoms with Crippen LogP contribution < -0.4 is 10.5 Å². The number of benzene rings is 3. The molecule has 0 unspecified atom stereocenters. The third kappa shape index (κ3) is 5.11. The summed E-state index contributed by atoms with van der Waals surface area (Å²) in [7, 11) is 0. The van der Waals surface area contributed by atoms with Crippen molar-refractivity contribution in [1.29, 1.82) is 0 Å². The summed E-state index contributed by atoms with van der Waals surface area (Å²) in [5.41, 5.74) is 9.02. The van der Waals surface area contributed by atoms with Gasteiger partial charge in [0.15, 0.2) is 0 Å². The molecule has 0 saturated carbocycles. The van der Waals surface area contributed by atoms with Gasteiger partial charge in [-0.1, -0.05) is 60.7 Å². The second kappa shape index (κ2) is 9.05. The molecular formula is C27H30N2O3. The van der Waals surface area contributed by atoms with Gasteiger partial charge in [0, 0.05) is 13.1 Å². The van der Waals surface area contributed by atoms with E-state index >= 15 is 0 Å². The van der Waals surface area contributed by atoms with E-state index in [0.717, 1.165) is 13.1 Å². The molecule has 5 heteroatoms. The molecule has 0 atom stereocenters. The number of rotatable bonds is 6. The molecular weight excluding hydrogens is 400 g/mol. The summed E-state index contributed by atoms with van der Waals surface area (Å²) >= 11 is 0. The van der Waals surface area contributed by atoms with Crippen LogP contribution in [0.3, 0.4) is 0 Å². The number of carbonyl (C=O) groups is 1. The number of carbonyl (C=O) groups excluding carboxylic acids is 1. The van der Waals surface area contributed by atoms with Gasteiger partial charge >= 0.3 is 5.97 Å². The monoisotopic (exact) mass is 430 g/mol. The van der Waals surface area contributed by atoms with E-state index in [1.165, 1.54) is 11.1 Å². The van der Waals surface area contributed by atoms with Crippen molar-refractivity contribution in [3.05, 3.63) is 95.6 Å². The van der Waals surface area contributed by atoms with Gasteiger partial charge in [-0.3, -0.25) is 4.90 Å². The highest BCUT2D eigenvalue weighted by atomic mass is 16.6. The Balaban J connectivity index is 1.42. The van der Waals surface area contributed by atoms with Gasteiger partial charge < -0.3 is 15.2 Å². The van der Waals surface area contributed by atoms with Crippen molar-refractivity contribution < 1.29 is 14.3 Å². The Kier molecular flexibility index (Phi) is 6.19. The third-order valence-corrected chi connectivity index (χ3v) is 5.41. The zero-order valence-electron chi connectivity index (χ0n) is 18.8. The molecule has 1 heterocycles. The molecule has 4 rings (SSSR count). The fraction of sp³-hybridized carbons (Fsp3) is 0.296. The molecule has 0 bridgehead atoms. The van der Waals surface area contributed by atoms with Crippen LogP contribution in [-0.4, -0.2) is 35.7 Å². The molecule has 1 saturated heterocycles. The molecule has 0 radical (unpaired) electrons. The van der Waals surface area contributed by atoms with E-state index in [0.29, 0.717) is 17.0 Å². The minimum Gasteiger partial charge on any atom is -0.486 e. The maximum atomic E-state index is 12.3. The summed E-state index contributed by atoms with van der Waals surface area (Å²) in [4.78, 5) is 14.7. The first-order chi connectivity index (χ1) is 15.3. The zero-order valence-corrected chi connectivity index (χ0v) is 18.8. The van der Waals surface area contributed by atoms with Crippen molar-refractivity contribution in [2.24, 2.45) is 0 Å². The van der Waals surface area contributed by atoms with E-state index in [2.05, 4.69) is 53.4 Å². The molecule has 0 amide bonds. The number of nitrogen functional groups attached to an aromatic ring is 1. The average Bonchev–Trinajstić information content (AvgIpc) is 2.73. The van der Waals surface area contributed by atoms with E-state index in [-0.39, 0.29) is 18.1 Å². The van der Waals surface area contributed by atoms with Crippen molar-refractivity contribution in [2.45, 2.75) is 38.5 Å². The standard InChI is InChI=1S/C27H30N2O3/c1-27(2,3)32-26(30)21-14-15-24(23(28)16-21)31-22-17-29(18-22)25(19-10-6-4-7-11-19)20-12-8-5-9-13-20/h4-16,22,25H,17-18,28H2,1-3H3. The molecule has 1 aliphatic heterocycles. The molecule has 0 spiro atoms. The van der Waals surface area contributed by atoms with Crippen LogP contribution in [0.25, 0.3) is 0 Å². The fourth-order valence-electron chi connectivity index (χ4n) is 3.94. The molecule has 2 N–H and O–H groups in total. The van der Waals surface area contributed by atoms with Crippen LogP contribution >= 0.6 is 0 Å². The van der Waals surface area contributed by atoms with Gasteiger partial charge in [-0.25, -0.2) is 4.79 Å². The highest BCUT2D eigenvalue weighted by Gasteiger charge is 2.35. The van der Waals surface area contributed by atoms with E-state index in [1.54, 1.807) is 18.2 Å². The minimum atomic E-state index is -0.551. The second-order valence-electron chi connectivity index (χ2n) is 9.17. The minimum absolute atomic E-state index is 0.0413. The average molecular weight is 431 g/mol. The van der Waals surface area contributed by atoms with Gasteiger partial charge in [-0.2, -0.15) is 0 Å². The Labute approximate surface area is 189 Å². The first-order valence-electron chi connectivity index (χ1n) is 10.9. The van der Waals surface area contributed by atoms with Crippen molar-refractivity contribution >= 4 is 11.7 Å². The summed E-state index contributed by atoms with van der Waals surface area (Å²) < 4.78 is 11.6. The van der Waals surface area contributed by atoms with Crippen LogP contribution in [0.15, 0.2) is 78.9 Å². The number of hydrogen-bond acceptors (Lipinski definition) is 5. The number of ether oxygens (including phenoxy) is 2. The van der Waals surface area contributed by atoms with Gasteiger partial charge in [0.2, 0.25) is 0 Å². The van der Waals surface area contributed by atoms with Gasteiger partial charge in [0.25, 0.3) is 0 Å². The van der Waals surface area contributed by atoms with Crippen molar-refractivity contribution in [1.82, 2.24) is 4.90 Å². The number of esters is 1. The van der Waals surface area contributed by atoms with Crippen molar-refractivity contribution in [2.75, 3.05) is 18.8 Å². The first kappa shape index (κ1) is 21.9. The highest BCUT2D eigenvalue weighted by molar-refractivity contribution is 5.91. The van der Waals surface area contributed by atoms with Crippen LogP contribution in [0.5, 0.6) is 5.75 Å². The van der Waals surface area contributed by atoms with Crippen LogP contribution in [-0.2, 0) is 4.74 Å². The number of nitrogens with zero attached hydrogens (tertiary/aromatic N) is 1. The maximum Gasteiger partial charge on any atom is 0.338 e. The zero-order chi connectivity index (χ0) is 22.7. The van der Waals surface area contributed by atoms with E-state index in [4.69, 9.17) is 15.2 Å². The summed E-state index contributed by atoms with van der Waals surface area (Å²) in [5.74, 6) is 0.206. The third-order valence-electron chi connectivity index (χ3n) is 5.41. The summed E-state index contributed by atoms with van der Waals surface area (Å²) in [6, 6.07) is 26.3. The predicted octanol–water partition coefficient (Wildman–Crippen LogP) is 5.08. The number of anilines is 1. The second-order valence-corrected chi connectivity index (χ2v) is 9.17. The normalized spacial score (nSPS) is 14.8. The molecule has 0 aromatic heterocycles. The molecule has 5 nitrogen and oxygen atoms in total. The SMILES string of the molecule is CC(C)(C)OC(=O)c1ccc(OC2CN(C(c3ccccc3)c3ccccc3)C2)c(N)c1. The smallest absolute Gasteiger partial charge is 0.338 e. The lowest BCUT2D eigenvalue weighted by atomic mass is 9.94. The Bertz CT molecular complexity index is 1020. The topological polar surface area (TPSA) is 64.8 Å². The molecule has 3 aromatic carbocycles. The van der Waals surface area contributed by atoms with Gasteiger partial charge in [-0.15, -0.1) is 0 Å². The molecule has 32 heavy (non-hydrogen) atoms. The Morgan fingerprint density at radius 2 is 1.50 bits per heavy atom. The summed E-state index contributed by atoms with van der Waals surface area (Å²) in [6.07, 6.45) is 0.0413. The maximum absolute atomic E-state index is 12.3. The summed E-state index contributed by atoms with van der Waals surface area (Å²) in [5, 5.41) is 0. The number of hydrogen-bond donors (Lipinski definition) is 1. The van der Waals surface area contributed by atoms with E-state index in [1.807, 2.05) is 32.9 Å². The lowest BCUT2D eigenvalue weighted by molar-refractivity contribution is 0.000639. The quantitative estimate of drug-likeness (QED) is 0.437. The van der Waals surface area contributed by atoms with E-state index < -0.39 is 5.60 Å². The highest BCUT2D eigenvalue weighted by Crippen LogP contribution is 2.34. The number of nitrogens with two attached hydrogens (primary N) is 1. The van der Waals surface area contributed by atoms with E-state index in [9.17, 15) is 4.79 Å². The van der Waals surface area contributed by atoms with Crippen molar-refractivity contribution in [3.63, 3.8) is 0 Å². The van der Waals surface area contributed by atoms with Crippen LogP contribution in [0.1, 0.15) is 48.3 Å². The Morgan fingerprint density at radius 3 is 2.00 bits per heavy atom. The molecule has 166 valence electrons. The van der Waals surface area contributed by atoms with Gasteiger partial charge in [-0.05, 0) is 50.1 Å². The molecule has 3 aromatic rings. The lowest BCUT2D eigenvalue weighted by Gasteiger charge is -2.44. The molecule has 1 fully saturated rings. The fourth-order valence-corrected chi connectivity index (χ4v) is 3.94. The first-order valence-corrected chi connectivity index (χ1v) is 10.9. The lowest BCUT2D eigenvalue weighted by Crippen LogP contribution is -2.55. The largest absolute Gasteiger partial charge is 0.486 e. The number of likely N-dealkylation sites (tertiary alicyclic amines) is 1. The Morgan fingerprint density at radius 1 is 0.938 bits per heavy atom. The van der Waals surface area contributed by atoms with Crippen LogP contribution in [0.4, 0.5) is 5.69 Å².